The van der Waals surface area contributed by atoms with Crippen LogP contribution in [0.15, 0.2) is 30.5 Å². The lowest BCUT2D eigenvalue weighted by Crippen LogP contribution is -2.07. The van der Waals surface area contributed by atoms with Crippen molar-refractivity contribution < 1.29 is 22.7 Å². The van der Waals surface area contributed by atoms with Crippen LogP contribution in [0.1, 0.15) is 21.6 Å². The second-order valence-electron chi connectivity index (χ2n) is 3.99. The Morgan fingerprint density at radius 1 is 1.40 bits per heavy atom. The molecule has 0 saturated carbocycles. The zero-order chi connectivity index (χ0) is 14.8. The molecule has 106 valence electrons. The summed E-state index contributed by atoms with van der Waals surface area (Å²) in [6.07, 6.45) is -3.08. The van der Waals surface area contributed by atoms with E-state index in [9.17, 15) is 18.0 Å². The fourth-order valence-corrected chi connectivity index (χ4v) is 1.61. The van der Waals surface area contributed by atoms with Gasteiger partial charge in [-0.05, 0) is 17.7 Å². The predicted octanol–water partition coefficient (Wildman–Crippen LogP) is 2.13. The zero-order valence-electron chi connectivity index (χ0n) is 10.4. The molecular weight excluding hydrogens is 275 g/mol. The largest absolute Gasteiger partial charge is 0.464 e. The summed E-state index contributed by atoms with van der Waals surface area (Å²) in [5, 5.41) is 7.23. The van der Waals surface area contributed by atoms with Gasteiger partial charge in [0.25, 0.3) is 0 Å². The minimum atomic E-state index is -4.39. The monoisotopic (exact) mass is 285 g/mol. The standard InChI is InChI=1S/C12H10F3N3O2/c1-20-11(19)10-7-18(17-16-10)6-8-3-2-4-9(5-8)12(13,14)15/h2-5,7H,6H2,1H3. The van der Waals surface area contributed by atoms with Gasteiger partial charge in [0.1, 0.15) is 0 Å². The quantitative estimate of drug-likeness (QED) is 0.811. The molecule has 0 atom stereocenters. The Morgan fingerprint density at radius 3 is 2.80 bits per heavy atom. The molecule has 0 aliphatic carbocycles. The van der Waals surface area contributed by atoms with Crippen molar-refractivity contribution in [2.24, 2.45) is 0 Å². The minimum absolute atomic E-state index is 0.000485. The molecule has 1 aromatic carbocycles. The molecule has 1 aromatic heterocycles. The van der Waals surface area contributed by atoms with Crippen molar-refractivity contribution in [3.63, 3.8) is 0 Å². The van der Waals surface area contributed by atoms with Gasteiger partial charge in [0.15, 0.2) is 5.69 Å². The summed E-state index contributed by atoms with van der Waals surface area (Å²) in [5.74, 6) is -0.653. The molecule has 0 aliphatic heterocycles. The van der Waals surface area contributed by atoms with Crippen LogP contribution in [0.25, 0.3) is 0 Å². The third-order valence-corrected chi connectivity index (χ3v) is 2.53. The van der Waals surface area contributed by atoms with Gasteiger partial charge in [0.05, 0.1) is 25.4 Å². The van der Waals surface area contributed by atoms with Crippen molar-refractivity contribution in [3.8, 4) is 0 Å². The molecule has 0 saturated heterocycles. The van der Waals surface area contributed by atoms with E-state index in [-0.39, 0.29) is 12.2 Å². The van der Waals surface area contributed by atoms with E-state index in [4.69, 9.17) is 0 Å². The van der Waals surface area contributed by atoms with E-state index >= 15 is 0 Å². The Balaban J connectivity index is 2.18. The van der Waals surface area contributed by atoms with Gasteiger partial charge in [-0.2, -0.15) is 13.2 Å². The maximum atomic E-state index is 12.6. The lowest BCUT2D eigenvalue weighted by atomic mass is 10.1. The van der Waals surface area contributed by atoms with E-state index in [0.717, 1.165) is 12.1 Å². The summed E-state index contributed by atoms with van der Waals surface area (Å²) >= 11 is 0. The summed E-state index contributed by atoms with van der Waals surface area (Å²) in [7, 11) is 1.20. The van der Waals surface area contributed by atoms with Gasteiger partial charge in [0.2, 0.25) is 0 Å². The molecular formula is C12H10F3N3O2. The lowest BCUT2D eigenvalue weighted by Gasteiger charge is -2.08. The molecule has 2 rings (SSSR count). The average Bonchev–Trinajstić information content (AvgIpc) is 2.85. The summed E-state index contributed by atoms with van der Waals surface area (Å²) in [4.78, 5) is 11.2. The molecule has 0 fully saturated rings. The zero-order valence-corrected chi connectivity index (χ0v) is 10.4. The molecule has 1 heterocycles. The molecule has 0 aliphatic rings. The highest BCUT2D eigenvalue weighted by atomic mass is 19.4. The summed E-state index contributed by atoms with van der Waals surface area (Å²) in [6.45, 7) is 0.0773. The van der Waals surface area contributed by atoms with Gasteiger partial charge < -0.3 is 4.74 Å². The normalized spacial score (nSPS) is 11.4. The smallest absolute Gasteiger partial charge is 0.416 e. The van der Waals surface area contributed by atoms with Crippen LogP contribution < -0.4 is 0 Å². The van der Waals surface area contributed by atoms with Crippen molar-refractivity contribution in [2.45, 2.75) is 12.7 Å². The fraction of sp³-hybridized carbons (Fsp3) is 0.250. The highest BCUT2D eigenvalue weighted by molar-refractivity contribution is 5.86. The number of aromatic nitrogens is 3. The Bertz CT molecular complexity index is 622. The molecule has 0 N–H and O–H groups in total. The maximum Gasteiger partial charge on any atom is 0.416 e. The molecule has 0 amide bonds. The number of alkyl halides is 3. The summed E-state index contributed by atoms with van der Waals surface area (Å²) in [5.41, 5.74) is -0.330. The highest BCUT2D eigenvalue weighted by Gasteiger charge is 2.30. The number of carbonyl (C=O) groups is 1. The van der Waals surface area contributed by atoms with E-state index in [1.165, 1.54) is 30.1 Å². The lowest BCUT2D eigenvalue weighted by molar-refractivity contribution is -0.137. The second-order valence-corrected chi connectivity index (χ2v) is 3.99. The first-order valence-electron chi connectivity index (χ1n) is 5.55. The van der Waals surface area contributed by atoms with Crippen LogP contribution in [-0.4, -0.2) is 28.1 Å². The van der Waals surface area contributed by atoms with Crippen molar-refractivity contribution in [1.29, 1.82) is 0 Å². The number of methoxy groups -OCH3 is 1. The van der Waals surface area contributed by atoms with E-state index in [0.29, 0.717) is 5.56 Å². The molecule has 0 radical (unpaired) electrons. The number of carbonyl (C=O) groups excluding carboxylic acids is 1. The van der Waals surface area contributed by atoms with Crippen molar-refractivity contribution in [1.82, 2.24) is 15.0 Å². The molecule has 0 unspecified atom stereocenters. The van der Waals surface area contributed by atoms with Crippen LogP contribution >= 0.6 is 0 Å². The Kier molecular flexibility index (Phi) is 3.73. The number of rotatable bonds is 3. The van der Waals surface area contributed by atoms with Crippen LogP contribution in [0.2, 0.25) is 0 Å². The van der Waals surface area contributed by atoms with E-state index in [1.54, 1.807) is 0 Å². The van der Waals surface area contributed by atoms with Gasteiger partial charge >= 0.3 is 12.1 Å². The second kappa shape index (κ2) is 5.32. The first-order chi connectivity index (χ1) is 9.40. The van der Waals surface area contributed by atoms with Gasteiger partial charge in [-0.1, -0.05) is 17.3 Å². The first kappa shape index (κ1) is 14.0. The Labute approximate surface area is 112 Å². The topological polar surface area (TPSA) is 57.0 Å². The van der Waals surface area contributed by atoms with Crippen LogP contribution in [0.4, 0.5) is 13.2 Å². The molecule has 2 aromatic rings. The average molecular weight is 285 g/mol. The summed E-state index contributed by atoms with van der Waals surface area (Å²) < 4.78 is 43.4. The van der Waals surface area contributed by atoms with Crippen LogP contribution in [0, 0.1) is 0 Å². The number of hydrogen-bond donors (Lipinski definition) is 0. The van der Waals surface area contributed by atoms with Crippen LogP contribution in [-0.2, 0) is 17.5 Å². The third kappa shape index (κ3) is 3.14. The predicted molar refractivity (Wildman–Crippen MR) is 61.9 cm³/mol. The molecule has 8 heteroatoms. The van der Waals surface area contributed by atoms with Gasteiger partial charge in [-0.3, -0.25) is 0 Å². The Morgan fingerprint density at radius 2 is 2.15 bits per heavy atom. The number of halogens is 3. The number of hydrogen-bond acceptors (Lipinski definition) is 4. The Hall–Kier alpha value is -2.38. The fourth-order valence-electron chi connectivity index (χ4n) is 1.61. The molecule has 0 bridgehead atoms. The van der Waals surface area contributed by atoms with Crippen LogP contribution in [0.5, 0.6) is 0 Å². The van der Waals surface area contributed by atoms with Gasteiger partial charge in [-0.25, -0.2) is 9.48 Å². The number of nitrogens with zero attached hydrogens (tertiary/aromatic N) is 3. The molecule has 0 spiro atoms. The van der Waals surface area contributed by atoms with Crippen LogP contribution in [0.3, 0.4) is 0 Å². The first-order valence-corrected chi connectivity index (χ1v) is 5.55. The van der Waals surface area contributed by atoms with E-state index in [2.05, 4.69) is 15.0 Å². The highest BCUT2D eigenvalue weighted by Crippen LogP contribution is 2.29. The van der Waals surface area contributed by atoms with Crippen molar-refractivity contribution in [3.05, 3.63) is 47.3 Å². The number of ether oxygens (including phenoxy) is 1. The van der Waals surface area contributed by atoms with Gasteiger partial charge in [0, 0.05) is 0 Å². The molecule has 5 nitrogen and oxygen atoms in total. The maximum absolute atomic E-state index is 12.6. The molecule has 20 heavy (non-hydrogen) atoms. The van der Waals surface area contributed by atoms with Crippen molar-refractivity contribution >= 4 is 5.97 Å². The third-order valence-electron chi connectivity index (χ3n) is 2.53. The van der Waals surface area contributed by atoms with Crippen molar-refractivity contribution in [2.75, 3.05) is 7.11 Å². The minimum Gasteiger partial charge on any atom is -0.464 e. The van der Waals surface area contributed by atoms with E-state index in [1.807, 2.05) is 0 Å². The number of esters is 1. The summed E-state index contributed by atoms with van der Waals surface area (Å²) in [6, 6.07) is 4.87. The van der Waals surface area contributed by atoms with E-state index < -0.39 is 17.7 Å². The number of benzene rings is 1. The van der Waals surface area contributed by atoms with Gasteiger partial charge in [-0.15, -0.1) is 5.10 Å². The SMILES string of the molecule is COC(=O)c1cn(Cc2cccc(C(F)(F)F)c2)nn1.